The summed E-state index contributed by atoms with van der Waals surface area (Å²) in [5.41, 5.74) is 2.62. The topological polar surface area (TPSA) is 37.0 Å². The number of nitrogens with zero attached hydrogens (tertiary/aromatic N) is 1. The minimum atomic E-state index is 0.744. The summed E-state index contributed by atoms with van der Waals surface area (Å²) >= 11 is 0. The maximum absolute atomic E-state index is 4.73. The van der Waals surface area contributed by atoms with Crippen LogP contribution in [0.2, 0.25) is 0 Å². The number of anilines is 1. The third-order valence-corrected chi connectivity index (χ3v) is 3.54. The quantitative estimate of drug-likeness (QED) is 0.741. The van der Waals surface area contributed by atoms with E-state index >= 15 is 0 Å². The highest BCUT2D eigenvalue weighted by atomic mass is 15.0. The molecule has 0 fully saturated rings. The van der Waals surface area contributed by atoms with Crippen molar-refractivity contribution in [3.63, 3.8) is 0 Å². The van der Waals surface area contributed by atoms with Gasteiger partial charge in [0.05, 0.1) is 0 Å². The van der Waals surface area contributed by atoms with Gasteiger partial charge in [0.2, 0.25) is 0 Å². The average molecular weight is 261 g/mol. The largest absolute Gasteiger partial charge is 0.370 e. The van der Waals surface area contributed by atoms with Crippen molar-refractivity contribution in [1.29, 1.82) is 0 Å². The first-order valence-electron chi connectivity index (χ1n) is 7.69. The minimum Gasteiger partial charge on any atom is -0.370 e. The first-order valence-corrected chi connectivity index (χ1v) is 7.69. The van der Waals surface area contributed by atoms with Crippen LogP contribution in [0.25, 0.3) is 0 Å². The van der Waals surface area contributed by atoms with Gasteiger partial charge in [-0.15, -0.1) is 0 Å². The Labute approximate surface area is 117 Å². The first kappa shape index (κ1) is 14.3. The molecule has 0 spiro atoms. The van der Waals surface area contributed by atoms with Crippen molar-refractivity contribution in [2.45, 2.75) is 46.0 Å². The van der Waals surface area contributed by atoms with E-state index in [1.165, 1.54) is 36.9 Å². The number of aromatic nitrogens is 1. The Hall–Kier alpha value is -1.09. The average Bonchev–Trinajstić information content (AvgIpc) is 2.42. The van der Waals surface area contributed by atoms with E-state index in [1.54, 1.807) is 0 Å². The van der Waals surface area contributed by atoms with Crippen LogP contribution in [0.1, 0.15) is 44.4 Å². The van der Waals surface area contributed by atoms with Crippen molar-refractivity contribution in [3.05, 3.63) is 23.4 Å². The smallest absolute Gasteiger partial charge is 0.129 e. The van der Waals surface area contributed by atoms with Crippen LogP contribution in [0.15, 0.2) is 12.1 Å². The van der Waals surface area contributed by atoms with Gasteiger partial charge in [-0.05, 0) is 62.7 Å². The lowest BCUT2D eigenvalue weighted by molar-refractivity contribution is 0.535. The third kappa shape index (κ3) is 4.83. The van der Waals surface area contributed by atoms with E-state index in [2.05, 4.69) is 36.6 Å². The highest BCUT2D eigenvalue weighted by Crippen LogP contribution is 2.20. The van der Waals surface area contributed by atoms with Crippen molar-refractivity contribution in [2.24, 2.45) is 5.92 Å². The zero-order chi connectivity index (χ0) is 13.5. The summed E-state index contributed by atoms with van der Waals surface area (Å²) in [6.45, 7) is 7.82. The molecule has 1 aliphatic heterocycles. The number of hydrogen-bond donors (Lipinski definition) is 2. The van der Waals surface area contributed by atoms with Crippen LogP contribution >= 0.6 is 0 Å². The second-order valence-corrected chi connectivity index (χ2v) is 5.90. The van der Waals surface area contributed by atoms with Gasteiger partial charge in [-0.2, -0.15) is 0 Å². The Balaban J connectivity index is 1.68. The van der Waals surface area contributed by atoms with E-state index in [0.29, 0.717) is 0 Å². The number of unbranched alkanes of at least 4 members (excludes halogenated alkanes) is 1. The number of rotatable bonds is 7. The molecule has 0 atom stereocenters. The van der Waals surface area contributed by atoms with E-state index in [4.69, 9.17) is 4.98 Å². The molecule has 1 aromatic rings. The predicted octanol–water partition coefficient (Wildman–Crippen LogP) is 3.01. The molecule has 3 heteroatoms. The van der Waals surface area contributed by atoms with Crippen LogP contribution in [0.4, 0.5) is 5.82 Å². The Kier molecular flexibility index (Phi) is 5.64. The lowest BCUT2D eigenvalue weighted by atomic mass is 10.1. The Morgan fingerprint density at radius 2 is 2.21 bits per heavy atom. The van der Waals surface area contributed by atoms with Crippen LogP contribution in [0.3, 0.4) is 0 Å². The molecule has 0 aliphatic carbocycles. The van der Waals surface area contributed by atoms with E-state index in [9.17, 15) is 0 Å². The van der Waals surface area contributed by atoms with Gasteiger partial charge in [-0.1, -0.05) is 19.9 Å². The highest BCUT2D eigenvalue weighted by Gasteiger charge is 2.09. The van der Waals surface area contributed by atoms with Gasteiger partial charge in [0.1, 0.15) is 5.82 Å². The molecule has 2 heterocycles. The van der Waals surface area contributed by atoms with Gasteiger partial charge in [-0.25, -0.2) is 4.98 Å². The molecule has 2 N–H and O–H groups in total. The number of hydrogen-bond acceptors (Lipinski definition) is 3. The Morgan fingerprint density at radius 1 is 1.32 bits per heavy atom. The summed E-state index contributed by atoms with van der Waals surface area (Å²) in [6, 6.07) is 4.45. The fourth-order valence-corrected chi connectivity index (χ4v) is 2.45. The van der Waals surface area contributed by atoms with Crippen LogP contribution in [-0.4, -0.2) is 24.6 Å². The molecule has 0 saturated heterocycles. The van der Waals surface area contributed by atoms with Gasteiger partial charge in [-0.3, -0.25) is 0 Å². The second kappa shape index (κ2) is 7.49. The maximum atomic E-state index is 4.73. The standard InChI is InChI=1S/C16H27N3/c1-13(2)12-17-10-4-3-7-15-9-8-14-6-5-11-18-16(14)19-15/h8-9,13,17H,3-7,10-12H2,1-2H3,(H,18,19). The molecule has 0 unspecified atom stereocenters. The molecule has 1 aliphatic rings. The van der Waals surface area contributed by atoms with Crippen molar-refractivity contribution < 1.29 is 0 Å². The van der Waals surface area contributed by atoms with Gasteiger partial charge < -0.3 is 10.6 Å². The first-order chi connectivity index (χ1) is 9.25. The fraction of sp³-hybridized carbons (Fsp3) is 0.688. The van der Waals surface area contributed by atoms with Crippen molar-refractivity contribution in [1.82, 2.24) is 10.3 Å². The predicted molar refractivity (Wildman–Crippen MR) is 81.7 cm³/mol. The second-order valence-electron chi connectivity index (χ2n) is 5.90. The van der Waals surface area contributed by atoms with Gasteiger partial charge in [0.25, 0.3) is 0 Å². The van der Waals surface area contributed by atoms with Gasteiger partial charge in [0, 0.05) is 12.2 Å². The Bertz CT molecular complexity index is 388. The molecule has 0 aromatic carbocycles. The monoisotopic (exact) mass is 261 g/mol. The van der Waals surface area contributed by atoms with Crippen molar-refractivity contribution in [2.75, 3.05) is 25.0 Å². The molecule has 19 heavy (non-hydrogen) atoms. The molecule has 106 valence electrons. The lowest BCUT2D eigenvalue weighted by Gasteiger charge is -2.17. The molecule has 0 amide bonds. The summed E-state index contributed by atoms with van der Waals surface area (Å²) in [4.78, 5) is 4.73. The van der Waals surface area contributed by atoms with Crippen molar-refractivity contribution in [3.8, 4) is 0 Å². The fourth-order valence-electron chi connectivity index (χ4n) is 2.45. The van der Waals surface area contributed by atoms with E-state index in [0.717, 1.165) is 37.8 Å². The van der Waals surface area contributed by atoms with Crippen LogP contribution in [0, 0.1) is 5.92 Å². The van der Waals surface area contributed by atoms with Crippen LogP contribution < -0.4 is 10.6 Å². The van der Waals surface area contributed by atoms with E-state index in [1.807, 2.05) is 0 Å². The number of fused-ring (bicyclic) bond motifs is 1. The molecule has 0 saturated carbocycles. The summed E-state index contributed by atoms with van der Waals surface area (Å²) in [5.74, 6) is 1.87. The summed E-state index contributed by atoms with van der Waals surface area (Å²) in [7, 11) is 0. The SMILES string of the molecule is CC(C)CNCCCCc1ccc2c(n1)NCCC2. The van der Waals surface area contributed by atoms with Crippen LogP contribution in [0.5, 0.6) is 0 Å². The van der Waals surface area contributed by atoms with E-state index in [-0.39, 0.29) is 0 Å². The highest BCUT2D eigenvalue weighted by molar-refractivity contribution is 5.46. The number of nitrogens with one attached hydrogen (secondary N) is 2. The molecule has 2 rings (SSSR count). The molecular formula is C16H27N3. The molecule has 3 nitrogen and oxygen atoms in total. The summed E-state index contributed by atoms with van der Waals surface area (Å²) in [5, 5.41) is 6.89. The normalized spacial score (nSPS) is 14.3. The number of pyridine rings is 1. The number of aryl methyl sites for hydroxylation is 2. The summed E-state index contributed by atoms with van der Waals surface area (Å²) < 4.78 is 0. The van der Waals surface area contributed by atoms with Gasteiger partial charge >= 0.3 is 0 Å². The molecule has 0 bridgehead atoms. The molecule has 1 aromatic heterocycles. The Morgan fingerprint density at radius 3 is 3.05 bits per heavy atom. The molecule has 0 radical (unpaired) electrons. The van der Waals surface area contributed by atoms with Crippen molar-refractivity contribution >= 4 is 5.82 Å². The lowest BCUT2D eigenvalue weighted by Crippen LogP contribution is -2.20. The van der Waals surface area contributed by atoms with Crippen LogP contribution in [-0.2, 0) is 12.8 Å². The van der Waals surface area contributed by atoms with E-state index < -0.39 is 0 Å². The third-order valence-electron chi connectivity index (χ3n) is 3.54. The van der Waals surface area contributed by atoms with Gasteiger partial charge in [0.15, 0.2) is 0 Å². The zero-order valence-corrected chi connectivity index (χ0v) is 12.3. The minimum absolute atomic E-state index is 0.744. The molecular weight excluding hydrogens is 234 g/mol. The summed E-state index contributed by atoms with van der Waals surface area (Å²) in [6.07, 6.45) is 5.96. The maximum Gasteiger partial charge on any atom is 0.129 e. The zero-order valence-electron chi connectivity index (χ0n) is 12.3.